The quantitative estimate of drug-likeness (QED) is 0.212. The van der Waals surface area contributed by atoms with E-state index in [4.69, 9.17) is 11.6 Å². The second kappa shape index (κ2) is 15.8. The van der Waals surface area contributed by atoms with Gasteiger partial charge in [0.05, 0.1) is 11.9 Å². The van der Waals surface area contributed by atoms with Gasteiger partial charge in [-0.2, -0.15) is 0 Å². The summed E-state index contributed by atoms with van der Waals surface area (Å²) in [5.41, 5.74) is 4.06. The van der Waals surface area contributed by atoms with E-state index in [0.717, 1.165) is 35.1 Å². The summed E-state index contributed by atoms with van der Waals surface area (Å²) in [5, 5.41) is 3.53. The Labute approximate surface area is 255 Å². The molecule has 1 N–H and O–H groups in total. The number of nitrogens with one attached hydrogen (secondary N) is 1. The summed E-state index contributed by atoms with van der Waals surface area (Å²) in [6, 6.07) is 21.8. The number of hydrogen-bond donors (Lipinski definition) is 1. The second-order valence-corrected chi connectivity index (χ2v) is 13.0. The second-order valence-electron chi connectivity index (χ2n) is 10.7. The third-order valence-corrected chi connectivity index (χ3v) is 8.73. The Hall–Kier alpha value is -3.36. The van der Waals surface area contributed by atoms with Crippen LogP contribution in [0.4, 0.5) is 5.69 Å². The first-order valence-electron chi connectivity index (χ1n) is 14.4. The summed E-state index contributed by atoms with van der Waals surface area (Å²) in [7, 11) is -3.59. The maximum atomic E-state index is 13.9. The number of benzene rings is 3. The SMILES string of the molecule is CCCCNC(=O)C(Cc1ccccc1)N(Cc1ccccc1Cl)C(=O)CCCN(c1cc(C)ccc1C)S(C)(=O)=O. The predicted molar refractivity (Wildman–Crippen MR) is 171 cm³/mol. The first-order chi connectivity index (χ1) is 20.0. The van der Waals surface area contributed by atoms with E-state index in [1.165, 1.54) is 10.6 Å². The lowest BCUT2D eigenvalue weighted by Crippen LogP contribution is -2.50. The first-order valence-corrected chi connectivity index (χ1v) is 16.6. The van der Waals surface area contributed by atoms with E-state index in [1.54, 1.807) is 11.0 Å². The molecule has 1 unspecified atom stereocenters. The lowest BCUT2D eigenvalue weighted by atomic mass is 10.0. The van der Waals surface area contributed by atoms with Crippen molar-refractivity contribution in [2.45, 2.75) is 65.5 Å². The molecule has 0 aliphatic carbocycles. The van der Waals surface area contributed by atoms with E-state index >= 15 is 0 Å². The summed E-state index contributed by atoms with van der Waals surface area (Å²) in [6.45, 7) is 6.66. The third-order valence-electron chi connectivity index (χ3n) is 7.18. The molecule has 3 rings (SSSR count). The summed E-state index contributed by atoms with van der Waals surface area (Å²) < 4.78 is 26.9. The Balaban J connectivity index is 1.90. The number of carbonyl (C=O) groups is 2. The van der Waals surface area contributed by atoms with Gasteiger partial charge in [0.2, 0.25) is 21.8 Å². The standard InChI is InChI=1S/C33H42ClN3O4S/c1-5-6-20-35-33(39)31(23-27-13-8-7-9-14-27)36(24-28-15-10-11-16-29(28)34)32(38)17-12-21-37(42(4,40)41)30-22-25(2)18-19-26(30)3/h7-11,13-16,18-19,22,31H,5-6,12,17,20-21,23-24H2,1-4H3,(H,35,39). The minimum absolute atomic E-state index is 0.0644. The van der Waals surface area contributed by atoms with E-state index in [9.17, 15) is 18.0 Å². The zero-order valence-corrected chi connectivity index (χ0v) is 26.5. The molecule has 0 saturated heterocycles. The van der Waals surface area contributed by atoms with E-state index < -0.39 is 16.1 Å². The first kappa shape index (κ1) is 33.1. The van der Waals surface area contributed by atoms with Gasteiger partial charge in [0.15, 0.2) is 0 Å². The Morgan fingerprint density at radius 3 is 2.31 bits per heavy atom. The molecule has 0 spiro atoms. The highest BCUT2D eigenvalue weighted by Gasteiger charge is 2.31. The van der Waals surface area contributed by atoms with Crippen molar-refractivity contribution in [1.82, 2.24) is 10.2 Å². The average molecular weight is 612 g/mol. The number of rotatable bonds is 15. The van der Waals surface area contributed by atoms with Crippen molar-refractivity contribution >= 4 is 39.1 Å². The fraction of sp³-hybridized carbons (Fsp3) is 0.394. The molecule has 0 aromatic heterocycles. The average Bonchev–Trinajstić information content (AvgIpc) is 2.95. The maximum Gasteiger partial charge on any atom is 0.243 e. The van der Waals surface area contributed by atoms with Crippen molar-refractivity contribution in [1.29, 1.82) is 0 Å². The minimum atomic E-state index is -3.59. The summed E-state index contributed by atoms with van der Waals surface area (Å²) in [6.07, 6.45) is 3.64. The summed E-state index contributed by atoms with van der Waals surface area (Å²) in [4.78, 5) is 29.1. The van der Waals surface area contributed by atoms with Crippen LogP contribution in [-0.4, -0.2) is 50.5 Å². The Kier molecular flexibility index (Phi) is 12.4. The molecule has 0 bridgehead atoms. The van der Waals surface area contributed by atoms with Crippen molar-refractivity contribution in [3.8, 4) is 0 Å². The van der Waals surface area contributed by atoms with Crippen LogP contribution in [-0.2, 0) is 32.6 Å². The third kappa shape index (κ3) is 9.60. The van der Waals surface area contributed by atoms with Crippen molar-refractivity contribution in [2.75, 3.05) is 23.7 Å². The Morgan fingerprint density at radius 2 is 1.64 bits per heavy atom. The van der Waals surface area contributed by atoms with Gasteiger partial charge in [0, 0.05) is 37.5 Å². The molecule has 9 heteroatoms. The van der Waals surface area contributed by atoms with Crippen LogP contribution in [0.15, 0.2) is 72.8 Å². The maximum absolute atomic E-state index is 13.9. The number of sulfonamides is 1. The van der Waals surface area contributed by atoms with Gasteiger partial charge in [-0.1, -0.05) is 85.6 Å². The van der Waals surface area contributed by atoms with Crippen LogP contribution in [0.2, 0.25) is 5.02 Å². The van der Waals surface area contributed by atoms with Crippen molar-refractivity contribution < 1.29 is 18.0 Å². The predicted octanol–water partition coefficient (Wildman–Crippen LogP) is 6.06. The van der Waals surface area contributed by atoms with E-state index in [2.05, 4.69) is 12.2 Å². The molecule has 42 heavy (non-hydrogen) atoms. The molecule has 0 fully saturated rings. The zero-order valence-electron chi connectivity index (χ0n) is 25.0. The van der Waals surface area contributed by atoms with Crippen LogP contribution < -0.4 is 9.62 Å². The molecule has 0 radical (unpaired) electrons. The van der Waals surface area contributed by atoms with Gasteiger partial charge in [-0.3, -0.25) is 13.9 Å². The number of anilines is 1. The molecular formula is C33H42ClN3O4S. The topological polar surface area (TPSA) is 86.8 Å². The molecule has 0 aliphatic rings. The number of carbonyl (C=O) groups excluding carboxylic acids is 2. The van der Waals surface area contributed by atoms with Crippen LogP contribution in [0.25, 0.3) is 0 Å². The molecule has 0 aliphatic heterocycles. The van der Waals surface area contributed by atoms with Gasteiger partial charge in [0.25, 0.3) is 0 Å². The number of nitrogens with zero attached hydrogens (tertiary/aromatic N) is 2. The monoisotopic (exact) mass is 611 g/mol. The largest absolute Gasteiger partial charge is 0.354 e. The molecule has 0 heterocycles. The Morgan fingerprint density at radius 1 is 0.952 bits per heavy atom. The molecule has 0 saturated carbocycles. The molecule has 7 nitrogen and oxygen atoms in total. The molecule has 3 aromatic rings. The number of aryl methyl sites for hydroxylation is 2. The van der Waals surface area contributed by atoms with Gasteiger partial charge in [0.1, 0.15) is 6.04 Å². The van der Waals surface area contributed by atoms with Crippen molar-refractivity contribution in [2.24, 2.45) is 0 Å². The van der Waals surface area contributed by atoms with Gasteiger partial charge in [-0.15, -0.1) is 0 Å². The zero-order chi connectivity index (χ0) is 30.7. The highest BCUT2D eigenvalue weighted by atomic mass is 35.5. The number of unbranched alkanes of at least 4 members (excludes halogenated alkanes) is 1. The smallest absolute Gasteiger partial charge is 0.243 e. The van der Waals surface area contributed by atoms with Crippen molar-refractivity contribution in [3.05, 3.63) is 100 Å². The van der Waals surface area contributed by atoms with Crippen LogP contribution in [0.3, 0.4) is 0 Å². The Bertz CT molecular complexity index is 1450. The van der Waals surface area contributed by atoms with Crippen LogP contribution in [0.1, 0.15) is 54.9 Å². The molecular weight excluding hydrogens is 570 g/mol. The highest BCUT2D eigenvalue weighted by molar-refractivity contribution is 7.92. The lowest BCUT2D eigenvalue weighted by Gasteiger charge is -2.32. The van der Waals surface area contributed by atoms with E-state index in [-0.39, 0.29) is 37.7 Å². The van der Waals surface area contributed by atoms with Gasteiger partial charge in [-0.25, -0.2) is 8.42 Å². The van der Waals surface area contributed by atoms with Crippen LogP contribution in [0, 0.1) is 13.8 Å². The fourth-order valence-electron chi connectivity index (χ4n) is 4.84. The van der Waals surface area contributed by atoms with Crippen molar-refractivity contribution in [3.63, 3.8) is 0 Å². The van der Waals surface area contributed by atoms with Gasteiger partial charge >= 0.3 is 0 Å². The molecule has 3 aromatic carbocycles. The van der Waals surface area contributed by atoms with E-state index in [1.807, 2.05) is 80.6 Å². The number of halogens is 1. The van der Waals surface area contributed by atoms with Gasteiger partial charge < -0.3 is 10.2 Å². The van der Waals surface area contributed by atoms with Gasteiger partial charge in [-0.05, 0) is 61.1 Å². The highest BCUT2D eigenvalue weighted by Crippen LogP contribution is 2.25. The number of hydrogen-bond acceptors (Lipinski definition) is 4. The normalized spacial score (nSPS) is 12.0. The summed E-state index contributed by atoms with van der Waals surface area (Å²) in [5.74, 6) is -0.461. The minimum Gasteiger partial charge on any atom is -0.354 e. The molecule has 226 valence electrons. The summed E-state index contributed by atoms with van der Waals surface area (Å²) >= 11 is 6.50. The molecule has 1 atom stereocenters. The van der Waals surface area contributed by atoms with E-state index in [0.29, 0.717) is 23.7 Å². The number of amides is 2. The molecule has 2 amide bonds. The van der Waals surface area contributed by atoms with Crippen LogP contribution >= 0.6 is 11.6 Å². The fourth-order valence-corrected chi connectivity index (χ4v) is 6.05. The lowest BCUT2D eigenvalue weighted by molar-refractivity contribution is -0.141. The van der Waals surface area contributed by atoms with Crippen LogP contribution in [0.5, 0.6) is 0 Å².